The van der Waals surface area contributed by atoms with E-state index < -0.39 is 11.6 Å². The third kappa shape index (κ3) is 5.95. The summed E-state index contributed by atoms with van der Waals surface area (Å²) in [6.45, 7) is 8.00. The van der Waals surface area contributed by atoms with Crippen molar-refractivity contribution in [2.45, 2.75) is 70.4 Å². The third-order valence-corrected chi connectivity index (χ3v) is 9.29. The largest absolute Gasteiger partial charge is 0.395 e. The van der Waals surface area contributed by atoms with Crippen molar-refractivity contribution in [2.75, 3.05) is 32.7 Å². The Labute approximate surface area is 224 Å². The molecular formula is C32H40F4N2. The summed E-state index contributed by atoms with van der Waals surface area (Å²) in [5.41, 5.74) is 3.10. The monoisotopic (exact) mass is 528 g/mol. The van der Waals surface area contributed by atoms with Crippen LogP contribution in [0.4, 0.5) is 17.6 Å². The minimum absolute atomic E-state index is 0.156. The van der Waals surface area contributed by atoms with Gasteiger partial charge in [-0.15, -0.1) is 0 Å². The van der Waals surface area contributed by atoms with E-state index in [4.69, 9.17) is 0 Å². The van der Waals surface area contributed by atoms with Crippen LogP contribution in [0.3, 0.4) is 0 Å². The molecule has 2 saturated heterocycles. The number of hydrogen-bond donors (Lipinski definition) is 0. The first kappa shape index (κ1) is 27.2. The molecule has 2 heterocycles. The molecule has 0 atom stereocenters. The first-order chi connectivity index (χ1) is 18.2. The lowest BCUT2D eigenvalue weighted by Crippen LogP contribution is -2.53. The zero-order valence-corrected chi connectivity index (χ0v) is 22.3. The Balaban J connectivity index is 1.11. The highest BCUT2D eigenvalue weighted by Gasteiger charge is 2.58. The average Bonchev–Trinajstić information content (AvgIpc) is 2.90. The minimum atomic E-state index is -4.10. The Morgan fingerprint density at radius 3 is 2.16 bits per heavy atom. The summed E-state index contributed by atoms with van der Waals surface area (Å²) in [6, 6.07) is 13.6. The van der Waals surface area contributed by atoms with Gasteiger partial charge in [-0.1, -0.05) is 49.4 Å². The van der Waals surface area contributed by atoms with E-state index in [-0.39, 0.29) is 25.2 Å². The van der Waals surface area contributed by atoms with E-state index in [1.165, 1.54) is 19.3 Å². The molecule has 0 radical (unpaired) electrons. The molecule has 206 valence electrons. The van der Waals surface area contributed by atoms with E-state index in [0.29, 0.717) is 17.9 Å². The van der Waals surface area contributed by atoms with Gasteiger partial charge in [-0.2, -0.15) is 13.2 Å². The first-order valence-corrected chi connectivity index (χ1v) is 14.4. The van der Waals surface area contributed by atoms with Crippen LogP contribution < -0.4 is 0 Å². The second-order valence-corrected chi connectivity index (χ2v) is 11.8. The van der Waals surface area contributed by atoms with Crippen LogP contribution in [0.1, 0.15) is 68.9 Å². The molecule has 0 aromatic heterocycles. The maximum absolute atomic E-state index is 15.1. The summed E-state index contributed by atoms with van der Waals surface area (Å²) in [4.78, 5) is 4.36. The summed E-state index contributed by atoms with van der Waals surface area (Å²) in [7, 11) is 0. The third-order valence-electron chi connectivity index (χ3n) is 9.29. The van der Waals surface area contributed by atoms with Gasteiger partial charge in [0.15, 0.2) is 0 Å². The van der Waals surface area contributed by atoms with Crippen molar-refractivity contribution >= 4 is 5.70 Å². The van der Waals surface area contributed by atoms with Crippen molar-refractivity contribution < 1.29 is 17.6 Å². The first-order valence-electron chi connectivity index (χ1n) is 14.4. The highest BCUT2D eigenvalue weighted by molar-refractivity contribution is 5.69. The van der Waals surface area contributed by atoms with Crippen LogP contribution in [0.5, 0.6) is 0 Å². The Morgan fingerprint density at radius 2 is 1.58 bits per heavy atom. The van der Waals surface area contributed by atoms with Crippen LogP contribution in [0.15, 0.2) is 49.0 Å². The summed E-state index contributed by atoms with van der Waals surface area (Å²) in [5.74, 6) is 0.274. The highest BCUT2D eigenvalue weighted by Crippen LogP contribution is 2.53. The Bertz CT molecular complexity index is 1090. The lowest BCUT2D eigenvalue weighted by molar-refractivity contribution is -0.256. The van der Waals surface area contributed by atoms with Crippen molar-refractivity contribution in [1.29, 1.82) is 0 Å². The molecule has 5 rings (SSSR count). The normalized spacial score (nSPS) is 20.8. The van der Waals surface area contributed by atoms with Gasteiger partial charge in [0, 0.05) is 30.9 Å². The molecule has 6 heteroatoms. The second-order valence-electron chi connectivity index (χ2n) is 11.8. The maximum Gasteiger partial charge on any atom is 0.395 e. The topological polar surface area (TPSA) is 6.48 Å². The fourth-order valence-corrected chi connectivity index (χ4v) is 6.50. The average molecular weight is 529 g/mol. The zero-order valence-electron chi connectivity index (χ0n) is 22.3. The number of alkyl halides is 3. The molecule has 0 amide bonds. The fraction of sp³-hybridized carbons (Fsp3) is 0.562. The molecule has 2 aromatic carbocycles. The van der Waals surface area contributed by atoms with Crippen LogP contribution in [-0.4, -0.2) is 48.7 Å². The molecule has 0 unspecified atom stereocenters. The highest BCUT2D eigenvalue weighted by atomic mass is 19.4. The number of aryl methyl sites for hydroxylation is 1. The Morgan fingerprint density at radius 1 is 0.895 bits per heavy atom. The number of likely N-dealkylation sites (tertiary alicyclic amines) is 2. The molecule has 0 bridgehead atoms. The summed E-state index contributed by atoms with van der Waals surface area (Å²) in [5, 5.41) is 0. The molecule has 1 saturated carbocycles. The quantitative estimate of drug-likeness (QED) is 0.318. The van der Waals surface area contributed by atoms with Crippen molar-refractivity contribution in [3.63, 3.8) is 0 Å². The van der Waals surface area contributed by atoms with Gasteiger partial charge in [-0.3, -0.25) is 0 Å². The van der Waals surface area contributed by atoms with Gasteiger partial charge in [0.05, 0.1) is 5.41 Å². The maximum atomic E-state index is 15.1. The molecule has 3 fully saturated rings. The van der Waals surface area contributed by atoms with Gasteiger partial charge in [0.1, 0.15) is 5.82 Å². The van der Waals surface area contributed by atoms with Crippen LogP contribution in [0, 0.1) is 17.2 Å². The predicted molar refractivity (Wildman–Crippen MR) is 146 cm³/mol. The minimum Gasteiger partial charge on any atom is -0.372 e. The molecule has 2 nitrogen and oxygen atoms in total. The number of hydrogen-bond acceptors (Lipinski definition) is 2. The standard InChI is InChI=1S/C32H40F4N2/c1-24(38-18-3-2-4-19-38)27-9-11-28(12-10-27)29-13-8-26(22-30(29)33)7-6-25-14-20-37(21-15-25)23-31(16-5-17-31)32(34,35)36/h8-13,22,25H,1-7,14-21,23H2. The van der Waals surface area contributed by atoms with Gasteiger partial charge in [-0.25, -0.2) is 4.39 Å². The van der Waals surface area contributed by atoms with Crippen molar-refractivity contribution in [3.8, 4) is 11.1 Å². The van der Waals surface area contributed by atoms with Gasteiger partial charge < -0.3 is 9.80 Å². The van der Waals surface area contributed by atoms with Gasteiger partial charge in [-0.05, 0) is 99.6 Å². The number of benzene rings is 2. The molecule has 0 N–H and O–H groups in total. The van der Waals surface area contributed by atoms with Gasteiger partial charge in [0.25, 0.3) is 0 Å². The SMILES string of the molecule is C=C(c1ccc(-c2ccc(CCC3CCN(CC4(C(F)(F)F)CCC4)CC3)cc2F)cc1)N1CCCCC1. The molecule has 3 aliphatic rings. The zero-order chi connectivity index (χ0) is 26.8. The fourth-order valence-electron chi connectivity index (χ4n) is 6.50. The van der Waals surface area contributed by atoms with Crippen molar-refractivity contribution in [2.24, 2.45) is 11.3 Å². The van der Waals surface area contributed by atoms with E-state index in [9.17, 15) is 13.2 Å². The second kappa shape index (κ2) is 11.4. The Hall–Kier alpha value is -2.34. The number of halogens is 4. The van der Waals surface area contributed by atoms with E-state index in [2.05, 4.69) is 11.5 Å². The van der Waals surface area contributed by atoms with Gasteiger partial charge in [0.2, 0.25) is 0 Å². The smallest absolute Gasteiger partial charge is 0.372 e. The molecule has 0 spiro atoms. The number of nitrogens with zero attached hydrogens (tertiary/aromatic N) is 2. The molecule has 2 aromatic rings. The van der Waals surface area contributed by atoms with Crippen LogP contribution in [0.25, 0.3) is 16.8 Å². The lowest BCUT2D eigenvalue weighted by atomic mass is 9.67. The number of piperidine rings is 2. The molecule has 1 aliphatic carbocycles. The van der Waals surface area contributed by atoms with E-state index in [0.717, 1.165) is 74.2 Å². The van der Waals surface area contributed by atoms with Crippen LogP contribution >= 0.6 is 0 Å². The van der Waals surface area contributed by atoms with E-state index in [1.54, 1.807) is 6.07 Å². The van der Waals surface area contributed by atoms with Crippen LogP contribution in [-0.2, 0) is 6.42 Å². The molecular weight excluding hydrogens is 488 g/mol. The van der Waals surface area contributed by atoms with E-state index in [1.807, 2.05) is 41.3 Å². The van der Waals surface area contributed by atoms with Crippen molar-refractivity contribution in [1.82, 2.24) is 9.80 Å². The van der Waals surface area contributed by atoms with E-state index >= 15 is 4.39 Å². The summed E-state index contributed by atoms with van der Waals surface area (Å²) < 4.78 is 55.6. The number of rotatable bonds is 8. The summed E-state index contributed by atoms with van der Waals surface area (Å²) in [6.07, 6.45) is 4.41. The molecule has 2 aliphatic heterocycles. The summed E-state index contributed by atoms with van der Waals surface area (Å²) >= 11 is 0. The van der Waals surface area contributed by atoms with Gasteiger partial charge >= 0.3 is 6.18 Å². The van der Waals surface area contributed by atoms with Crippen LogP contribution in [0.2, 0.25) is 0 Å². The van der Waals surface area contributed by atoms with Crippen molar-refractivity contribution in [3.05, 3.63) is 66.0 Å². The lowest BCUT2D eigenvalue weighted by Gasteiger charge is -2.47. The predicted octanol–water partition coefficient (Wildman–Crippen LogP) is 8.33. The molecule has 38 heavy (non-hydrogen) atoms. The Kier molecular flexibility index (Phi) is 8.18.